The maximum atomic E-state index is 12.1. The number of carbonyl (C=O) groups is 1. The molecule has 1 aromatic heterocycles. The van der Waals surface area contributed by atoms with Gasteiger partial charge in [0.1, 0.15) is 5.75 Å². The normalized spacial score (nSPS) is 10.4. The number of para-hydroxylation sites is 1. The highest BCUT2D eigenvalue weighted by Crippen LogP contribution is 2.29. The Balaban J connectivity index is 1.69. The second-order valence-electron chi connectivity index (χ2n) is 5.22. The summed E-state index contributed by atoms with van der Waals surface area (Å²) >= 11 is 6.13. The maximum absolute atomic E-state index is 12.1. The Bertz CT molecular complexity index is 846. The average Bonchev–Trinajstić information content (AvgIpc) is 3.04. The van der Waals surface area contributed by atoms with Gasteiger partial charge in [0.15, 0.2) is 0 Å². The van der Waals surface area contributed by atoms with Crippen LogP contribution in [0.2, 0.25) is 5.02 Å². The number of carbonyl (C=O) groups excluding carboxylic acids is 1. The van der Waals surface area contributed by atoms with Crippen molar-refractivity contribution in [1.82, 2.24) is 10.2 Å². The zero-order valence-electron chi connectivity index (χ0n) is 13.0. The van der Waals surface area contributed by atoms with Crippen LogP contribution in [0.3, 0.4) is 0 Å². The van der Waals surface area contributed by atoms with Crippen LogP contribution in [0.4, 0.5) is 5.69 Å². The van der Waals surface area contributed by atoms with Gasteiger partial charge in [0, 0.05) is 16.9 Å². The molecular weight excluding hydrogens is 326 g/mol. The van der Waals surface area contributed by atoms with E-state index in [-0.39, 0.29) is 12.3 Å². The van der Waals surface area contributed by atoms with E-state index in [4.69, 9.17) is 16.3 Å². The fraction of sp³-hybridized carbons (Fsp3) is 0.111. The first kappa shape index (κ1) is 16.1. The summed E-state index contributed by atoms with van der Waals surface area (Å²) in [6.45, 7) is 0. The van der Waals surface area contributed by atoms with Crippen LogP contribution in [0.5, 0.6) is 5.75 Å². The number of ether oxygens (including phenoxy) is 1. The Morgan fingerprint density at radius 1 is 1.21 bits per heavy atom. The van der Waals surface area contributed by atoms with E-state index in [0.717, 1.165) is 22.6 Å². The van der Waals surface area contributed by atoms with Crippen LogP contribution in [-0.2, 0) is 11.2 Å². The van der Waals surface area contributed by atoms with Crippen LogP contribution in [0.1, 0.15) is 5.69 Å². The molecule has 0 aliphatic heterocycles. The number of H-pyrrole nitrogens is 1. The Labute approximate surface area is 144 Å². The average molecular weight is 342 g/mol. The maximum Gasteiger partial charge on any atom is 0.230 e. The summed E-state index contributed by atoms with van der Waals surface area (Å²) in [5, 5.41) is 10.5. The number of aromatic amines is 1. The molecule has 2 N–H and O–H groups in total. The zero-order valence-corrected chi connectivity index (χ0v) is 13.8. The summed E-state index contributed by atoms with van der Waals surface area (Å²) in [4.78, 5) is 12.1. The number of nitrogens with one attached hydrogen (secondary N) is 2. The largest absolute Gasteiger partial charge is 0.495 e. The Morgan fingerprint density at radius 3 is 2.71 bits per heavy atom. The van der Waals surface area contributed by atoms with E-state index in [1.165, 1.54) is 0 Å². The first-order valence-electron chi connectivity index (χ1n) is 7.39. The summed E-state index contributed by atoms with van der Waals surface area (Å²) in [5.41, 5.74) is 3.07. The predicted octanol–water partition coefficient (Wildman–Crippen LogP) is 3.92. The topological polar surface area (TPSA) is 67.0 Å². The first-order chi connectivity index (χ1) is 11.7. The second-order valence-corrected chi connectivity index (χ2v) is 5.63. The van der Waals surface area contributed by atoms with E-state index in [1.54, 1.807) is 19.2 Å². The van der Waals surface area contributed by atoms with E-state index >= 15 is 0 Å². The molecule has 1 amide bonds. The third-order valence-corrected chi connectivity index (χ3v) is 3.78. The van der Waals surface area contributed by atoms with Gasteiger partial charge in [-0.3, -0.25) is 9.89 Å². The van der Waals surface area contributed by atoms with Crippen LogP contribution in [0.15, 0.2) is 54.6 Å². The quantitative estimate of drug-likeness (QED) is 0.739. The highest BCUT2D eigenvalue weighted by molar-refractivity contribution is 6.32. The number of benzene rings is 2. The number of rotatable bonds is 5. The minimum atomic E-state index is -0.107. The monoisotopic (exact) mass is 341 g/mol. The number of amides is 1. The Morgan fingerprint density at radius 2 is 2.00 bits per heavy atom. The van der Waals surface area contributed by atoms with Gasteiger partial charge in [-0.2, -0.15) is 5.10 Å². The van der Waals surface area contributed by atoms with Gasteiger partial charge >= 0.3 is 0 Å². The molecule has 5 nitrogen and oxygen atoms in total. The van der Waals surface area contributed by atoms with Crippen molar-refractivity contribution in [3.05, 3.63) is 65.3 Å². The van der Waals surface area contributed by atoms with Gasteiger partial charge in [-0.05, 0) is 36.4 Å². The van der Waals surface area contributed by atoms with Crippen LogP contribution >= 0.6 is 11.6 Å². The molecule has 0 fully saturated rings. The van der Waals surface area contributed by atoms with Crippen LogP contribution in [0.25, 0.3) is 11.3 Å². The Hall–Kier alpha value is -2.79. The molecule has 0 atom stereocenters. The molecule has 0 unspecified atom stereocenters. The van der Waals surface area contributed by atoms with Crippen molar-refractivity contribution in [3.8, 4) is 17.0 Å². The summed E-state index contributed by atoms with van der Waals surface area (Å²) in [6.07, 6.45) is 0.214. The van der Waals surface area contributed by atoms with E-state index in [9.17, 15) is 4.79 Å². The van der Waals surface area contributed by atoms with Crippen molar-refractivity contribution in [2.75, 3.05) is 12.4 Å². The van der Waals surface area contributed by atoms with Crippen molar-refractivity contribution < 1.29 is 9.53 Å². The number of anilines is 1. The predicted molar refractivity (Wildman–Crippen MR) is 94.4 cm³/mol. The fourth-order valence-electron chi connectivity index (χ4n) is 2.33. The molecular formula is C18H16ClN3O2. The van der Waals surface area contributed by atoms with E-state index in [0.29, 0.717) is 10.8 Å². The SMILES string of the molecule is COc1ccc(-c2cc(CC(=O)Nc3ccccc3)[nH]n2)cc1Cl. The number of hydrogen-bond donors (Lipinski definition) is 2. The van der Waals surface area contributed by atoms with Crippen molar-refractivity contribution in [1.29, 1.82) is 0 Å². The van der Waals surface area contributed by atoms with Gasteiger partial charge in [0.2, 0.25) is 5.91 Å². The van der Waals surface area contributed by atoms with Gasteiger partial charge < -0.3 is 10.1 Å². The lowest BCUT2D eigenvalue weighted by atomic mass is 10.1. The third kappa shape index (κ3) is 3.75. The molecule has 24 heavy (non-hydrogen) atoms. The highest BCUT2D eigenvalue weighted by Gasteiger charge is 2.10. The fourth-order valence-corrected chi connectivity index (χ4v) is 2.58. The van der Waals surface area contributed by atoms with Gasteiger partial charge in [0.25, 0.3) is 0 Å². The summed E-state index contributed by atoms with van der Waals surface area (Å²) < 4.78 is 5.14. The van der Waals surface area contributed by atoms with E-state index in [1.807, 2.05) is 42.5 Å². The van der Waals surface area contributed by atoms with Crippen molar-refractivity contribution in [3.63, 3.8) is 0 Å². The molecule has 0 aliphatic rings. The molecule has 0 saturated heterocycles. The minimum absolute atomic E-state index is 0.107. The van der Waals surface area contributed by atoms with E-state index in [2.05, 4.69) is 15.5 Å². The molecule has 122 valence electrons. The summed E-state index contributed by atoms with van der Waals surface area (Å²) in [7, 11) is 1.57. The lowest BCUT2D eigenvalue weighted by molar-refractivity contribution is -0.115. The number of hydrogen-bond acceptors (Lipinski definition) is 3. The molecule has 0 bridgehead atoms. The second kappa shape index (κ2) is 7.19. The van der Waals surface area contributed by atoms with Crippen LogP contribution < -0.4 is 10.1 Å². The van der Waals surface area contributed by atoms with Crippen LogP contribution in [0, 0.1) is 0 Å². The molecule has 0 saturated carbocycles. The smallest absolute Gasteiger partial charge is 0.230 e. The number of methoxy groups -OCH3 is 1. The molecule has 3 rings (SSSR count). The van der Waals surface area contributed by atoms with Crippen molar-refractivity contribution in [2.45, 2.75) is 6.42 Å². The number of nitrogens with zero attached hydrogens (tertiary/aromatic N) is 1. The molecule has 0 spiro atoms. The number of aromatic nitrogens is 2. The van der Waals surface area contributed by atoms with Gasteiger partial charge in [-0.25, -0.2) is 0 Å². The van der Waals surface area contributed by atoms with Gasteiger partial charge in [-0.15, -0.1) is 0 Å². The number of halogens is 1. The Kier molecular flexibility index (Phi) is 4.82. The molecule has 3 aromatic rings. The van der Waals surface area contributed by atoms with Crippen LogP contribution in [-0.4, -0.2) is 23.2 Å². The zero-order chi connectivity index (χ0) is 16.9. The standard InChI is InChI=1S/C18H16ClN3O2/c1-24-17-8-7-12(9-15(17)19)16-10-14(21-22-16)11-18(23)20-13-5-3-2-4-6-13/h2-10H,11H2,1H3,(H,20,23)(H,21,22). The molecule has 1 heterocycles. The molecule has 2 aromatic carbocycles. The lowest BCUT2D eigenvalue weighted by Crippen LogP contribution is -2.14. The van der Waals surface area contributed by atoms with Gasteiger partial charge in [0.05, 0.1) is 24.2 Å². The van der Waals surface area contributed by atoms with Gasteiger partial charge in [-0.1, -0.05) is 29.8 Å². The first-order valence-corrected chi connectivity index (χ1v) is 7.76. The third-order valence-electron chi connectivity index (χ3n) is 3.49. The summed E-state index contributed by atoms with van der Waals surface area (Å²) in [5.74, 6) is 0.502. The molecule has 0 aliphatic carbocycles. The van der Waals surface area contributed by atoms with Crippen molar-refractivity contribution in [2.24, 2.45) is 0 Å². The molecule has 0 radical (unpaired) electrons. The highest BCUT2D eigenvalue weighted by atomic mass is 35.5. The lowest BCUT2D eigenvalue weighted by Gasteiger charge is -2.04. The summed E-state index contributed by atoms with van der Waals surface area (Å²) in [6, 6.07) is 16.6. The minimum Gasteiger partial charge on any atom is -0.495 e. The van der Waals surface area contributed by atoms with E-state index < -0.39 is 0 Å². The molecule has 6 heteroatoms. The van der Waals surface area contributed by atoms with Crippen molar-refractivity contribution >= 4 is 23.2 Å².